The van der Waals surface area contributed by atoms with E-state index in [9.17, 15) is 15.2 Å². The maximum absolute atomic E-state index is 11.0. The van der Waals surface area contributed by atoms with E-state index in [-0.39, 0.29) is 5.69 Å². The summed E-state index contributed by atoms with van der Waals surface area (Å²) >= 11 is 0. The third-order valence-electron chi connectivity index (χ3n) is 2.43. The van der Waals surface area contributed by atoms with E-state index in [1.807, 2.05) is 0 Å². The van der Waals surface area contributed by atoms with Gasteiger partial charge in [-0.15, -0.1) is 0 Å². The number of benzene rings is 1. The molecule has 1 aromatic carbocycles. The second-order valence-corrected chi connectivity index (χ2v) is 3.63. The average molecular weight is 233 g/mol. The molecule has 1 heterocycles. The number of aliphatic hydroxyl groups excluding tert-OH is 1. The summed E-state index contributed by atoms with van der Waals surface area (Å²) in [6.07, 6.45) is 2.44. The molecular formula is C11H11N3O3. The van der Waals surface area contributed by atoms with Crippen molar-refractivity contribution in [2.75, 3.05) is 0 Å². The summed E-state index contributed by atoms with van der Waals surface area (Å²) in [5, 5.41) is 24.3. The van der Waals surface area contributed by atoms with Gasteiger partial charge in [-0.3, -0.25) is 10.1 Å². The molecule has 6 heteroatoms. The van der Waals surface area contributed by atoms with Crippen LogP contribution < -0.4 is 0 Å². The highest BCUT2D eigenvalue weighted by atomic mass is 16.6. The third kappa shape index (κ3) is 2.16. The molecule has 0 amide bonds. The fourth-order valence-corrected chi connectivity index (χ4v) is 1.55. The monoisotopic (exact) mass is 233 g/mol. The van der Waals surface area contributed by atoms with Crippen molar-refractivity contribution in [3.8, 4) is 5.69 Å². The molecule has 1 atom stereocenters. The summed E-state index contributed by atoms with van der Waals surface area (Å²) in [7, 11) is 0. The zero-order valence-corrected chi connectivity index (χ0v) is 9.15. The van der Waals surface area contributed by atoms with Crippen molar-refractivity contribution < 1.29 is 10.0 Å². The molecule has 0 saturated heterocycles. The molecule has 17 heavy (non-hydrogen) atoms. The van der Waals surface area contributed by atoms with Crippen molar-refractivity contribution in [1.82, 2.24) is 9.78 Å². The Morgan fingerprint density at radius 2 is 2.29 bits per heavy atom. The molecule has 1 aromatic heterocycles. The molecule has 88 valence electrons. The number of aliphatic hydroxyl groups is 1. The first-order chi connectivity index (χ1) is 8.09. The Labute approximate surface area is 97.3 Å². The van der Waals surface area contributed by atoms with Gasteiger partial charge in [0.2, 0.25) is 0 Å². The van der Waals surface area contributed by atoms with Crippen molar-refractivity contribution >= 4 is 5.69 Å². The van der Waals surface area contributed by atoms with E-state index < -0.39 is 11.0 Å². The third-order valence-corrected chi connectivity index (χ3v) is 2.43. The topological polar surface area (TPSA) is 81.2 Å². The van der Waals surface area contributed by atoms with E-state index in [0.29, 0.717) is 11.3 Å². The summed E-state index contributed by atoms with van der Waals surface area (Å²) < 4.78 is 1.42. The summed E-state index contributed by atoms with van der Waals surface area (Å²) in [6, 6.07) is 6.27. The molecule has 0 aliphatic carbocycles. The first kappa shape index (κ1) is 11.3. The van der Waals surface area contributed by atoms with Crippen LogP contribution in [0.4, 0.5) is 5.69 Å². The first-order valence-corrected chi connectivity index (χ1v) is 5.06. The van der Waals surface area contributed by atoms with Gasteiger partial charge in [0.25, 0.3) is 5.69 Å². The Morgan fingerprint density at radius 1 is 1.53 bits per heavy atom. The number of hydrogen-bond acceptors (Lipinski definition) is 4. The van der Waals surface area contributed by atoms with Crippen LogP contribution >= 0.6 is 0 Å². The summed E-state index contributed by atoms with van der Waals surface area (Å²) in [4.78, 5) is 10.5. The minimum atomic E-state index is -0.736. The van der Waals surface area contributed by atoms with Gasteiger partial charge in [0.1, 0.15) is 5.69 Å². The summed E-state index contributed by atoms with van der Waals surface area (Å²) in [5.74, 6) is 0. The van der Waals surface area contributed by atoms with Gasteiger partial charge in [-0.25, -0.2) is 4.68 Å². The summed E-state index contributed by atoms with van der Waals surface area (Å²) in [5.41, 5.74) is 0.809. The largest absolute Gasteiger partial charge is 0.389 e. The van der Waals surface area contributed by atoms with Crippen LogP contribution in [0.5, 0.6) is 0 Å². The molecule has 0 aliphatic heterocycles. The number of aromatic nitrogens is 2. The van der Waals surface area contributed by atoms with Gasteiger partial charge in [-0.1, -0.05) is 6.07 Å². The number of nitro benzene ring substituents is 1. The number of nitro groups is 1. The van der Waals surface area contributed by atoms with Gasteiger partial charge in [-0.05, 0) is 24.6 Å². The minimum absolute atomic E-state index is 0.0768. The molecule has 0 fully saturated rings. The Kier molecular flexibility index (Phi) is 2.88. The molecule has 0 bridgehead atoms. The molecule has 6 nitrogen and oxygen atoms in total. The Hall–Kier alpha value is -2.21. The molecule has 1 N–H and O–H groups in total. The average Bonchev–Trinajstić information content (AvgIpc) is 2.81. The Bertz CT molecular complexity index is 535. The minimum Gasteiger partial charge on any atom is -0.389 e. The van der Waals surface area contributed by atoms with Crippen LogP contribution in [-0.2, 0) is 0 Å². The van der Waals surface area contributed by atoms with Crippen LogP contribution in [0.3, 0.4) is 0 Å². The number of rotatable bonds is 3. The second-order valence-electron chi connectivity index (χ2n) is 3.63. The van der Waals surface area contributed by atoms with E-state index in [4.69, 9.17) is 0 Å². The van der Waals surface area contributed by atoms with E-state index >= 15 is 0 Å². The van der Waals surface area contributed by atoms with Gasteiger partial charge in [0.15, 0.2) is 0 Å². The van der Waals surface area contributed by atoms with Crippen LogP contribution in [0.25, 0.3) is 5.69 Å². The van der Waals surface area contributed by atoms with Crippen LogP contribution in [0.2, 0.25) is 0 Å². The van der Waals surface area contributed by atoms with Crippen LogP contribution in [0.1, 0.15) is 18.6 Å². The van der Waals surface area contributed by atoms with Crippen LogP contribution in [0, 0.1) is 10.1 Å². The van der Waals surface area contributed by atoms with E-state index in [1.54, 1.807) is 37.5 Å². The van der Waals surface area contributed by atoms with Crippen molar-refractivity contribution in [3.63, 3.8) is 0 Å². The molecule has 0 spiro atoms. The predicted octanol–water partition coefficient (Wildman–Crippen LogP) is 1.83. The molecule has 0 unspecified atom stereocenters. The van der Waals surface area contributed by atoms with Crippen molar-refractivity contribution in [1.29, 1.82) is 0 Å². The molecule has 0 aliphatic rings. The summed E-state index contributed by atoms with van der Waals surface area (Å²) in [6.45, 7) is 1.56. The molecular weight excluding hydrogens is 222 g/mol. The van der Waals surface area contributed by atoms with Gasteiger partial charge < -0.3 is 5.11 Å². The fraction of sp³-hybridized carbons (Fsp3) is 0.182. The van der Waals surface area contributed by atoms with Gasteiger partial charge >= 0.3 is 0 Å². The van der Waals surface area contributed by atoms with Crippen LogP contribution in [0.15, 0.2) is 36.7 Å². The normalized spacial score (nSPS) is 12.4. The van der Waals surface area contributed by atoms with Crippen molar-refractivity contribution in [2.24, 2.45) is 0 Å². The van der Waals surface area contributed by atoms with E-state index in [1.165, 1.54) is 10.7 Å². The molecule has 0 radical (unpaired) electrons. The lowest BCUT2D eigenvalue weighted by atomic mass is 10.1. The van der Waals surface area contributed by atoms with Gasteiger partial charge in [-0.2, -0.15) is 5.10 Å². The fourth-order valence-electron chi connectivity index (χ4n) is 1.55. The Morgan fingerprint density at radius 3 is 2.82 bits per heavy atom. The van der Waals surface area contributed by atoms with Gasteiger partial charge in [0, 0.05) is 18.5 Å². The van der Waals surface area contributed by atoms with Crippen molar-refractivity contribution in [3.05, 3.63) is 52.3 Å². The van der Waals surface area contributed by atoms with Crippen molar-refractivity contribution in [2.45, 2.75) is 13.0 Å². The van der Waals surface area contributed by atoms with Crippen LogP contribution in [-0.4, -0.2) is 19.8 Å². The van der Waals surface area contributed by atoms with E-state index in [2.05, 4.69) is 5.10 Å². The lowest BCUT2D eigenvalue weighted by Crippen LogP contribution is -2.02. The first-order valence-electron chi connectivity index (χ1n) is 5.06. The van der Waals surface area contributed by atoms with Gasteiger partial charge in [0.05, 0.1) is 11.0 Å². The Balaban J connectivity index is 2.57. The number of hydrogen-bond donors (Lipinski definition) is 1. The molecule has 0 saturated carbocycles. The highest BCUT2D eigenvalue weighted by Crippen LogP contribution is 2.26. The quantitative estimate of drug-likeness (QED) is 0.647. The second kappa shape index (κ2) is 4.34. The zero-order valence-electron chi connectivity index (χ0n) is 9.15. The number of nitrogens with zero attached hydrogens (tertiary/aromatic N) is 3. The highest BCUT2D eigenvalue weighted by molar-refractivity contribution is 5.54. The lowest BCUT2D eigenvalue weighted by Gasteiger charge is -2.07. The standard InChI is InChI=1S/C11H11N3O3/c1-8(15)9-3-4-10(11(7-9)14(16)17)13-6-2-5-12-13/h2-8,15H,1H3/t8-/m1/s1. The molecule has 2 aromatic rings. The smallest absolute Gasteiger partial charge is 0.295 e. The lowest BCUT2D eigenvalue weighted by molar-refractivity contribution is -0.384. The SMILES string of the molecule is C[C@@H](O)c1ccc(-n2cccn2)c([N+](=O)[O-])c1. The zero-order chi connectivity index (χ0) is 12.4. The predicted molar refractivity (Wildman–Crippen MR) is 60.9 cm³/mol. The highest BCUT2D eigenvalue weighted by Gasteiger charge is 2.17. The molecule has 2 rings (SSSR count). The van der Waals surface area contributed by atoms with E-state index in [0.717, 1.165) is 0 Å². The maximum Gasteiger partial charge on any atom is 0.295 e. The maximum atomic E-state index is 11.0.